The minimum absolute atomic E-state index is 0.128. The number of amides is 2. The number of nitrogens with two attached hydrogens (primary N) is 1. The summed E-state index contributed by atoms with van der Waals surface area (Å²) in [4.78, 5) is 23.0. The average molecular weight is 412 g/mol. The zero-order valence-electron chi connectivity index (χ0n) is 16.5. The number of likely N-dealkylation sites (tertiary alicyclic amines) is 1. The molecule has 0 bridgehead atoms. The standard InChI is InChI=1S/C21H22F2N6O/c1-28-9-7-25-19(28)10-13-6-8-29(12-13)21(30)27-20-17(24)4-5-18(26-20)15-3-2-14(22)11-16(15)23/h2-5,7,9,11,13H,6,8,10,12,24H2,1H3,(H,26,27,30). The van der Waals surface area contributed by atoms with E-state index in [0.717, 1.165) is 30.8 Å². The minimum Gasteiger partial charge on any atom is -0.396 e. The number of anilines is 2. The normalized spacial score (nSPS) is 16.1. The number of nitrogen functional groups attached to an aromatic ring is 1. The molecule has 1 aliphatic heterocycles. The molecule has 0 saturated carbocycles. The first-order valence-corrected chi connectivity index (χ1v) is 9.65. The summed E-state index contributed by atoms with van der Waals surface area (Å²) < 4.78 is 29.2. The third-order valence-electron chi connectivity index (χ3n) is 5.32. The number of carbonyl (C=O) groups excluding carboxylic acids is 1. The fourth-order valence-electron chi connectivity index (χ4n) is 3.63. The highest BCUT2D eigenvalue weighted by Crippen LogP contribution is 2.27. The molecule has 1 fully saturated rings. The molecule has 7 nitrogen and oxygen atoms in total. The number of aromatic nitrogens is 3. The van der Waals surface area contributed by atoms with Crippen LogP contribution >= 0.6 is 0 Å². The number of aryl methyl sites for hydroxylation is 1. The number of rotatable bonds is 4. The van der Waals surface area contributed by atoms with Crippen LogP contribution in [0.5, 0.6) is 0 Å². The van der Waals surface area contributed by atoms with Crippen LogP contribution in [0.1, 0.15) is 12.2 Å². The Labute approximate surface area is 172 Å². The molecule has 1 aliphatic rings. The van der Waals surface area contributed by atoms with Crippen molar-refractivity contribution in [2.75, 3.05) is 24.1 Å². The fraction of sp³-hybridized carbons (Fsp3) is 0.286. The first kappa shape index (κ1) is 19.8. The molecule has 0 radical (unpaired) electrons. The van der Waals surface area contributed by atoms with E-state index in [1.54, 1.807) is 11.1 Å². The van der Waals surface area contributed by atoms with Gasteiger partial charge >= 0.3 is 6.03 Å². The molecule has 3 heterocycles. The van der Waals surface area contributed by atoms with Crippen LogP contribution in [0.4, 0.5) is 25.1 Å². The molecule has 2 amide bonds. The van der Waals surface area contributed by atoms with E-state index in [1.165, 1.54) is 18.2 Å². The van der Waals surface area contributed by atoms with Gasteiger partial charge in [-0.1, -0.05) is 0 Å². The van der Waals surface area contributed by atoms with Crippen molar-refractivity contribution in [1.82, 2.24) is 19.4 Å². The summed E-state index contributed by atoms with van der Waals surface area (Å²) >= 11 is 0. The smallest absolute Gasteiger partial charge is 0.323 e. The van der Waals surface area contributed by atoms with Gasteiger partial charge in [0.2, 0.25) is 0 Å². The van der Waals surface area contributed by atoms with Gasteiger partial charge in [-0.15, -0.1) is 0 Å². The maximum Gasteiger partial charge on any atom is 0.323 e. The van der Waals surface area contributed by atoms with Crippen molar-refractivity contribution in [1.29, 1.82) is 0 Å². The van der Waals surface area contributed by atoms with Crippen LogP contribution in [0.25, 0.3) is 11.3 Å². The van der Waals surface area contributed by atoms with Crippen molar-refractivity contribution in [3.63, 3.8) is 0 Å². The summed E-state index contributed by atoms with van der Waals surface area (Å²) in [6, 6.07) is 6.00. The topological polar surface area (TPSA) is 89.1 Å². The van der Waals surface area contributed by atoms with E-state index in [4.69, 9.17) is 5.73 Å². The number of carbonyl (C=O) groups is 1. The van der Waals surface area contributed by atoms with E-state index >= 15 is 0 Å². The Morgan fingerprint density at radius 3 is 2.87 bits per heavy atom. The van der Waals surface area contributed by atoms with E-state index in [-0.39, 0.29) is 28.8 Å². The quantitative estimate of drug-likeness (QED) is 0.687. The van der Waals surface area contributed by atoms with Gasteiger partial charge in [0.1, 0.15) is 17.5 Å². The Bertz CT molecular complexity index is 1080. The second-order valence-electron chi connectivity index (χ2n) is 7.45. The maximum atomic E-state index is 14.1. The molecule has 1 atom stereocenters. The van der Waals surface area contributed by atoms with Crippen LogP contribution in [0.15, 0.2) is 42.7 Å². The van der Waals surface area contributed by atoms with Gasteiger partial charge < -0.3 is 15.2 Å². The molecule has 9 heteroatoms. The van der Waals surface area contributed by atoms with Crippen molar-refractivity contribution in [2.24, 2.45) is 13.0 Å². The van der Waals surface area contributed by atoms with Gasteiger partial charge in [0.15, 0.2) is 5.82 Å². The van der Waals surface area contributed by atoms with Crippen molar-refractivity contribution in [2.45, 2.75) is 12.8 Å². The molecule has 1 unspecified atom stereocenters. The van der Waals surface area contributed by atoms with Crippen LogP contribution in [0, 0.1) is 17.6 Å². The lowest BCUT2D eigenvalue weighted by Gasteiger charge is -2.18. The zero-order valence-corrected chi connectivity index (χ0v) is 16.5. The summed E-state index contributed by atoms with van der Waals surface area (Å²) in [7, 11) is 1.95. The monoisotopic (exact) mass is 412 g/mol. The summed E-state index contributed by atoms with van der Waals surface area (Å²) in [6.45, 7) is 1.22. The third kappa shape index (κ3) is 4.10. The molecule has 4 rings (SSSR count). The van der Waals surface area contributed by atoms with Crippen LogP contribution in [0.3, 0.4) is 0 Å². The highest BCUT2D eigenvalue weighted by atomic mass is 19.1. The summed E-state index contributed by atoms with van der Waals surface area (Å²) in [5.41, 5.74) is 6.60. The zero-order chi connectivity index (χ0) is 21.3. The molecule has 156 valence electrons. The molecule has 1 aromatic carbocycles. The van der Waals surface area contributed by atoms with Crippen molar-refractivity contribution < 1.29 is 13.6 Å². The molecule has 2 aromatic heterocycles. The van der Waals surface area contributed by atoms with E-state index in [1.807, 2.05) is 17.8 Å². The maximum absolute atomic E-state index is 14.1. The highest BCUT2D eigenvalue weighted by molar-refractivity contribution is 5.92. The number of hydrogen-bond acceptors (Lipinski definition) is 4. The third-order valence-corrected chi connectivity index (χ3v) is 5.32. The Hall–Kier alpha value is -3.49. The summed E-state index contributed by atoms with van der Waals surface area (Å²) in [6.07, 6.45) is 5.34. The number of hydrogen-bond donors (Lipinski definition) is 2. The molecular weight excluding hydrogens is 390 g/mol. The van der Waals surface area contributed by atoms with Crippen LogP contribution in [-0.2, 0) is 13.5 Å². The van der Waals surface area contributed by atoms with Gasteiger partial charge in [0.05, 0.1) is 11.4 Å². The number of urea groups is 1. The number of benzene rings is 1. The van der Waals surface area contributed by atoms with Crippen LogP contribution in [-0.4, -0.2) is 38.6 Å². The Balaban J connectivity index is 1.45. The predicted molar refractivity (Wildman–Crippen MR) is 110 cm³/mol. The Kier molecular flexibility index (Phi) is 5.35. The first-order valence-electron chi connectivity index (χ1n) is 9.65. The van der Waals surface area contributed by atoms with Gasteiger partial charge in [-0.2, -0.15) is 0 Å². The van der Waals surface area contributed by atoms with Gasteiger partial charge in [-0.3, -0.25) is 5.32 Å². The summed E-state index contributed by atoms with van der Waals surface area (Å²) in [5, 5.41) is 2.72. The lowest BCUT2D eigenvalue weighted by atomic mass is 10.0. The number of imidazole rings is 1. The van der Waals surface area contributed by atoms with Gasteiger partial charge in [-0.25, -0.2) is 23.5 Å². The van der Waals surface area contributed by atoms with Crippen LogP contribution < -0.4 is 11.1 Å². The number of nitrogens with zero attached hydrogens (tertiary/aromatic N) is 4. The Morgan fingerprint density at radius 1 is 1.30 bits per heavy atom. The van der Waals surface area contributed by atoms with Gasteiger partial charge in [0, 0.05) is 50.6 Å². The lowest BCUT2D eigenvalue weighted by Crippen LogP contribution is -2.33. The van der Waals surface area contributed by atoms with Crippen LogP contribution in [0.2, 0.25) is 0 Å². The molecule has 3 N–H and O–H groups in total. The fourth-order valence-corrected chi connectivity index (χ4v) is 3.63. The van der Waals surface area contributed by atoms with Crippen molar-refractivity contribution in [3.05, 3.63) is 60.2 Å². The molecule has 0 spiro atoms. The van der Waals surface area contributed by atoms with Gasteiger partial charge in [0.25, 0.3) is 0 Å². The van der Waals surface area contributed by atoms with E-state index < -0.39 is 11.6 Å². The number of halogens is 2. The van der Waals surface area contributed by atoms with Crippen molar-refractivity contribution >= 4 is 17.5 Å². The first-order chi connectivity index (χ1) is 14.4. The van der Waals surface area contributed by atoms with E-state index in [0.29, 0.717) is 19.0 Å². The second-order valence-corrected chi connectivity index (χ2v) is 7.45. The predicted octanol–water partition coefficient (Wildman–Crippen LogP) is 3.44. The molecule has 1 saturated heterocycles. The second kappa shape index (κ2) is 8.10. The lowest BCUT2D eigenvalue weighted by molar-refractivity contribution is 0.220. The van der Waals surface area contributed by atoms with Gasteiger partial charge in [-0.05, 0) is 36.6 Å². The molecule has 30 heavy (non-hydrogen) atoms. The Morgan fingerprint density at radius 2 is 2.13 bits per heavy atom. The SMILES string of the molecule is Cn1ccnc1CC1CCN(C(=O)Nc2nc(-c3ccc(F)cc3F)ccc2N)C1. The largest absolute Gasteiger partial charge is 0.396 e. The molecule has 3 aromatic rings. The summed E-state index contributed by atoms with van der Waals surface area (Å²) in [5.74, 6) is 0.0494. The molecule has 0 aliphatic carbocycles. The highest BCUT2D eigenvalue weighted by Gasteiger charge is 2.28. The van der Waals surface area contributed by atoms with E-state index in [9.17, 15) is 13.6 Å². The minimum atomic E-state index is -0.735. The van der Waals surface area contributed by atoms with E-state index in [2.05, 4.69) is 15.3 Å². The average Bonchev–Trinajstić information content (AvgIpc) is 3.33. The number of pyridine rings is 1. The molecular formula is C21H22F2N6O. The number of nitrogens with one attached hydrogen (secondary N) is 1. The van der Waals surface area contributed by atoms with Crippen molar-refractivity contribution in [3.8, 4) is 11.3 Å².